The number of nitrogens with zero attached hydrogens (tertiary/aromatic N) is 1. The van der Waals surface area contributed by atoms with E-state index in [0.717, 1.165) is 19.3 Å². The number of urea groups is 1. The van der Waals surface area contributed by atoms with Crippen LogP contribution in [-0.2, 0) is 9.59 Å². The van der Waals surface area contributed by atoms with Gasteiger partial charge < -0.3 is 11.1 Å². The van der Waals surface area contributed by atoms with Gasteiger partial charge >= 0.3 is 6.03 Å². The normalized spacial score (nSPS) is 26.5. The van der Waals surface area contributed by atoms with Gasteiger partial charge in [-0.15, -0.1) is 0 Å². The van der Waals surface area contributed by atoms with Gasteiger partial charge in [-0.1, -0.05) is 19.8 Å². The van der Waals surface area contributed by atoms with Crippen molar-refractivity contribution in [2.24, 2.45) is 17.6 Å². The standard InChI is InChI=1S/C16H28N4O3/c1-11-4-2-3-5-13(11)18-16(23)19-14(21)10-20-8-6-12(7-9-20)15(17)22/h11-13H,2-10H2,1H3,(H2,17,22)(H2,18,19,21,23). The number of likely N-dealkylation sites (tertiary alicyclic amines) is 1. The smallest absolute Gasteiger partial charge is 0.321 e. The van der Waals surface area contributed by atoms with E-state index in [1.807, 2.05) is 4.90 Å². The first-order valence-electron chi connectivity index (χ1n) is 8.57. The Balaban J connectivity index is 1.68. The van der Waals surface area contributed by atoms with Crippen LogP contribution in [0.15, 0.2) is 0 Å². The Bertz CT molecular complexity index is 447. The quantitative estimate of drug-likeness (QED) is 0.704. The number of amides is 4. The molecule has 7 nitrogen and oxygen atoms in total. The summed E-state index contributed by atoms with van der Waals surface area (Å²) in [6.07, 6.45) is 5.78. The van der Waals surface area contributed by atoms with Crippen LogP contribution in [0.1, 0.15) is 45.4 Å². The maximum Gasteiger partial charge on any atom is 0.321 e. The molecular weight excluding hydrogens is 296 g/mol. The zero-order valence-electron chi connectivity index (χ0n) is 13.8. The molecule has 4 amide bonds. The number of carbonyl (C=O) groups is 3. The Kier molecular flexibility index (Phi) is 6.38. The molecule has 0 aromatic heterocycles. The largest absolute Gasteiger partial charge is 0.369 e. The molecule has 2 rings (SSSR count). The van der Waals surface area contributed by atoms with Crippen molar-refractivity contribution in [3.63, 3.8) is 0 Å². The minimum atomic E-state index is -0.402. The van der Waals surface area contributed by atoms with E-state index >= 15 is 0 Å². The van der Waals surface area contributed by atoms with Crippen LogP contribution in [0.5, 0.6) is 0 Å². The summed E-state index contributed by atoms with van der Waals surface area (Å²) in [5.74, 6) is -0.207. The molecule has 0 bridgehead atoms. The van der Waals surface area contributed by atoms with E-state index in [0.29, 0.717) is 31.8 Å². The molecule has 1 heterocycles. The third-order valence-electron chi connectivity index (χ3n) is 5.04. The lowest BCUT2D eigenvalue weighted by atomic mass is 9.86. The highest BCUT2D eigenvalue weighted by molar-refractivity contribution is 5.95. The fourth-order valence-corrected chi connectivity index (χ4v) is 3.48. The molecule has 1 aliphatic carbocycles. The summed E-state index contributed by atoms with van der Waals surface area (Å²) in [6, 6.07) is -0.247. The third kappa shape index (κ3) is 5.49. The second-order valence-electron chi connectivity index (χ2n) is 6.84. The highest BCUT2D eigenvalue weighted by atomic mass is 16.2. The number of imide groups is 1. The predicted molar refractivity (Wildman–Crippen MR) is 86.5 cm³/mol. The lowest BCUT2D eigenvalue weighted by Gasteiger charge is -2.30. The van der Waals surface area contributed by atoms with Gasteiger partial charge in [0.2, 0.25) is 11.8 Å². The summed E-state index contributed by atoms with van der Waals surface area (Å²) in [5.41, 5.74) is 5.29. The van der Waals surface area contributed by atoms with E-state index < -0.39 is 6.03 Å². The van der Waals surface area contributed by atoms with Crippen molar-refractivity contribution in [2.45, 2.75) is 51.5 Å². The summed E-state index contributed by atoms with van der Waals surface area (Å²) in [7, 11) is 0. The van der Waals surface area contributed by atoms with Crippen LogP contribution in [0.2, 0.25) is 0 Å². The number of hydrogen-bond acceptors (Lipinski definition) is 4. The van der Waals surface area contributed by atoms with E-state index in [2.05, 4.69) is 17.6 Å². The second kappa shape index (κ2) is 8.29. The monoisotopic (exact) mass is 324 g/mol. The molecule has 130 valence electrons. The van der Waals surface area contributed by atoms with E-state index in [9.17, 15) is 14.4 Å². The minimum absolute atomic E-state index is 0.0922. The Morgan fingerprint density at radius 3 is 2.35 bits per heavy atom. The highest BCUT2D eigenvalue weighted by Gasteiger charge is 2.26. The van der Waals surface area contributed by atoms with Crippen molar-refractivity contribution in [2.75, 3.05) is 19.6 Å². The van der Waals surface area contributed by atoms with Crippen molar-refractivity contribution >= 4 is 17.8 Å². The molecule has 7 heteroatoms. The molecular formula is C16H28N4O3. The average Bonchev–Trinajstić information content (AvgIpc) is 2.50. The number of hydrogen-bond donors (Lipinski definition) is 3. The van der Waals surface area contributed by atoms with Crippen LogP contribution in [0, 0.1) is 11.8 Å². The topological polar surface area (TPSA) is 105 Å². The van der Waals surface area contributed by atoms with Crippen molar-refractivity contribution in [3.05, 3.63) is 0 Å². The summed E-state index contributed by atoms with van der Waals surface area (Å²) >= 11 is 0. The number of rotatable bonds is 4. The molecule has 1 aliphatic heterocycles. The molecule has 2 aliphatic rings. The van der Waals surface area contributed by atoms with Crippen LogP contribution >= 0.6 is 0 Å². The zero-order chi connectivity index (χ0) is 16.8. The van der Waals surface area contributed by atoms with Crippen molar-refractivity contribution < 1.29 is 14.4 Å². The Morgan fingerprint density at radius 2 is 1.74 bits per heavy atom. The van der Waals surface area contributed by atoms with Crippen LogP contribution in [0.3, 0.4) is 0 Å². The number of piperidine rings is 1. The van der Waals surface area contributed by atoms with Crippen LogP contribution < -0.4 is 16.4 Å². The molecule has 23 heavy (non-hydrogen) atoms. The third-order valence-corrected chi connectivity index (χ3v) is 5.04. The molecule has 0 spiro atoms. The lowest BCUT2D eigenvalue weighted by molar-refractivity contribution is -0.123. The molecule has 0 aromatic rings. The molecule has 4 N–H and O–H groups in total. The zero-order valence-corrected chi connectivity index (χ0v) is 13.8. The molecule has 2 fully saturated rings. The number of carbonyl (C=O) groups excluding carboxylic acids is 3. The second-order valence-corrected chi connectivity index (χ2v) is 6.84. The van der Waals surface area contributed by atoms with E-state index in [-0.39, 0.29) is 30.3 Å². The number of nitrogens with two attached hydrogens (primary N) is 1. The summed E-state index contributed by atoms with van der Waals surface area (Å²) < 4.78 is 0. The Morgan fingerprint density at radius 1 is 1.09 bits per heavy atom. The first-order chi connectivity index (χ1) is 11.0. The van der Waals surface area contributed by atoms with Crippen molar-refractivity contribution in [3.8, 4) is 0 Å². The van der Waals surface area contributed by atoms with Crippen molar-refractivity contribution in [1.82, 2.24) is 15.5 Å². The minimum Gasteiger partial charge on any atom is -0.369 e. The van der Waals surface area contributed by atoms with Crippen LogP contribution in [0.25, 0.3) is 0 Å². The van der Waals surface area contributed by atoms with Gasteiger partial charge in [0.15, 0.2) is 0 Å². The summed E-state index contributed by atoms with van der Waals surface area (Å²) in [4.78, 5) is 36.9. The number of primary amides is 1. The Labute approximate surface area is 137 Å². The SMILES string of the molecule is CC1CCCCC1NC(=O)NC(=O)CN1CCC(C(N)=O)CC1. The average molecular weight is 324 g/mol. The van der Waals surface area contributed by atoms with Gasteiger partial charge in [-0.05, 0) is 44.7 Å². The highest BCUT2D eigenvalue weighted by Crippen LogP contribution is 2.23. The van der Waals surface area contributed by atoms with Gasteiger partial charge in [-0.2, -0.15) is 0 Å². The summed E-state index contributed by atoms with van der Waals surface area (Å²) in [5, 5.41) is 5.31. The molecule has 2 unspecified atom stereocenters. The maximum atomic E-state index is 12.0. The van der Waals surface area contributed by atoms with E-state index in [1.165, 1.54) is 6.42 Å². The van der Waals surface area contributed by atoms with Crippen LogP contribution in [-0.4, -0.2) is 48.4 Å². The van der Waals surface area contributed by atoms with Gasteiger partial charge in [-0.3, -0.25) is 19.8 Å². The molecule has 0 radical (unpaired) electrons. The predicted octanol–water partition coefficient (Wildman–Crippen LogP) is 0.588. The van der Waals surface area contributed by atoms with Gasteiger partial charge in [-0.25, -0.2) is 4.79 Å². The molecule has 0 aromatic carbocycles. The Hall–Kier alpha value is -1.63. The molecule has 1 saturated carbocycles. The van der Waals surface area contributed by atoms with E-state index in [1.54, 1.807) is 0 Å². The fraction of sp³-hybridized carbons (Fsp3) is 0.812. The van der Waals surface area contributed by atoms with Crippen molar-refractivity contribution in [1.29, 1.82) is 0 Å². The summed E-state index contributed by atoms with van der Waals surface area (Å²) in [6.45, 7) is 3.62. The van der Waals surface area contributed by atoms with Gasteiger partial charge in [0.05, 0.1) is 6.54 Å². The molecule has 1 saturated heterocycles. The van der Waals surface area contributed by atoms with E-state index in [4.69, 9.17) is 5.73 Å². The lowest BCUT2D eigenvalue weighted by Crippen LogP contribution is -2.50. The fourth-order valence-electron chi connectivity index (χ4n) is 3.48. The van der Waals surface area contributed by atoms with Gasteiger partial charge in [0, 0.05) is 12.0 Å². The maximum absolute atomic E-state index is 12.0. The van der Waals surface area contributed by atoms with Crippen LogP contribution in [0.4, 0.5) is 4.79 Å². The van der Waals surface area contributed by atoms with Gasteiger partial charge in [0.1, 0.15) is 0 Å². The number of nitrogens with one attached hydrogen (secondary N) is 2. The first kappa shape index (κ1) is 17.7. The first-order valence-corrected chi connectivity index (χ1v) is 8.57. The molecule has 2 atom stereocenters. The van der Waals surface area contributed by atoms with Gasteiger partial charge in [0.25, 0.3) is 0 Å².